The molecule has 108 valence electrons. The summed E-state index contributed by atoms with van der Waals surface area (Å²) in [4.78, 5) is 4.40. The zero-order valence-electron chi connectivity index (χ0n) is 12.2. The van der Waals surface area contributed by atoms with Gasteiger partial charge in [-0.1, -0.05) is 19.1 Å². The Labute approximate surface area is 123 Å². The number of fused-ring (bicyclic) bond motifs is 1. The number of hydrogen-bond donors (Lipinski definition) is 1. The number of nitrogens with one attached hydrogen (secondary N) is 1. The molecule has 0 saturated heterocycles. The molecule has 0 amide bonds. The smallest absolute Gasteiger partial charge is 0.154 e. The van der Waals surface area contributed by atoms with E-state index in [1.54, 1.807) is 7.11 Å². The summed E-state index contributed by atoms with van der Waals surface area (Å²) < 4.78 is 7.13. The minimum atomic E-state index is 0.822. The number of nitrogens with zero attached hydrogens (tertiary/aromatic N) is 3. The topological polar surface area (TPSA) is 51.5 Å². The second-order valence-corrected chi connectivity index (χ2v) is 4.79. The average molecular weight is 282 g/mol. The summed E-state index contributed by atoms with van der Waals surface area (Å²) in [6.07, 6.45) is 2.90. The third-order valence-electron chi connectivity index (χ3n) is 3.28. The van der Waals surface area contributed by atoms with Gasteiger partial charge in [-0.2, -0.15) is 0 Å². The van der Waals surface area contributed by atoms with Crippen molar-refractivity contribution in [2.45, 2.75) is 13.3 Å². The maximum atomic E-state index is 5.28. The number of benzene rings is 1. The molecule has 1 N–H and O–H groups in total. The molecule has 3 aromatic rings. The predicted octanol–water partition coefficient (Wildman–Crippen LogP) is 3.23. The Hall–Kier alpha value is -2.56. The van der Waals surface area contributed by atoms with Crippen molar-refractivity contribution in [1.82, 2.24) is 14.6 Å². The molecule has 0 fully saturated rings. The molecule has 0 aliphatic rings. The van der Waals surface area contributed by atoms with Crippen molar-refractivity contribution in [2.24, 2.45) is 0 Å². The molecule has 0 aliphatic carbocycles. The molecular formula is C16H18N4O. The van der Waals surface area contributed by atoms with Gasteiger partial charge in [0.05, 0.1) is 19.0 Å². The van der Waals surface area contributed by atoms with Gasteiger partial charge in [0.15, 0.2) is 5.65 Å². The number of aromatic nitrogens is 3. The van der Waals surface area contributed by atoms with E-state index in [4.69, 9.17) is 4.74 Å². The van der Waals surface area contributed by atoms with E-state index < -0.39 is 0 Å². The highest BCUT2D eigenvalue weighted by molar-refractivity contribution is 5.65. The summed E-state index contributed by atoms with van der Waals surface area (Å²) in [6.45, 7) is 3.03. The Morgan fingerprint density at radius 2 is 2.14 bits per heavy atom. The Morgan fingerprint density at radius 1 is 1.24 bits per heavy atom. The monoisotopic (exact) mass is 282 g/mol. The molecule has 1 aromatic carbocycles. The molecule has 2 aromatic heterocycles. The van der Waals surface area contributed by atoms with Crippen LogP contribution in [0.25, 0.3) is 16.9 Å². The van der Waals surface area contributed by atoms with Gasteiger partial charge < -0.3 is 10.1 Å². The third kappa shape index (κ3) is 2.67. The Balaban J connectivity index is 2.05. The van der Waals surface area contributed by atoms with E-state index in [2.05, 4.69) is 22.3 Å². The fourth-order valence-corrected chi connectivity index (χ4v) is 2.20. The second kappa shape index (κ2) is 5.83. The van der Waals surface area contributed by atoms with Gasteiger partial charge in [-0.3, -0.25) is 0 Å². The van der Waals surface area contributed by atoms with Crippen LogP contribution >= 0.6 is 0 Å². The molecule has 0 saturated carbocycles. The van der Waals surface area contributed by atoms with Gasteiger partial charge in [0, 0.05) is 12.1 Å². The number of ether oxygens (including phenoxy) is 1. The standard InChI is InChI=1S/C16H18N4O/c1-3-9-17-15-7-8-16-18-11-14(20(16)19-15)12-5-4-6-13(10-12)21-2/h4-8,10-11H,3,9H2,1-2H3,(H,17,19). The van der Waals surface area contributed by atoms with Crippen LogP contribution in [0.1, 0.15) is 13.3 Å². The highest BCUT2D eigenvalue weighted by Crippen LogP contribution is 2.24. The molecule has 0 bridgehead atoms. The van der Waals surface area contributed by atoms with Crippen LogP contribution in [0.15, 0.2) is 42.6 Å². The lowest BCUT2D eigenvalue weighted by Gasteiger charge is -2.07. The van der Waals surface area contributed by atoms with Crippen molar-refractivity contribution in [3.8, 4) is 17.0 Å². The van der Waals surface area contributed by atoms with E-state index in [0.717, 1.165) is 41.4 Å². The van der Waals surface area contributed by atoms with E-state index in [9.17, 15) is 0 Å². The minimum Gasteiger partial charge on any atom is -0.497 e. The van der Waals surface area contributed by atoms with E-state index in [-0.39, 0.29) is 0 Å². The number of hydrogen-bond acceptors (Lipinski definition) is 4. The van der Waals surface area contributed by atoms with E-state index in [1.165, 1.54) is 0 Å². The van der Waals surface area contributed by atoms with Crippen molar-refractivity contribution in [3.05, 3.63) is 42.6 Å². The van der Waals surface area contributed by atoms with Gasteiger partial charge in [0.1, 0.15) is 11.6 Å². The molecule has 3 rings (SSSR count). The maximum Gasteiger partial charge on any atom is 0.154 e. The summed E-state index contributed by atoms with van der Waals surface area (Å²) in [5.74, 6) is 1.68. The predicted molar refractivity (Wildman–Crippen MR) is 83.8 cm³/mol. The van der Waals surface area contributed by atoms with Gasteiger partial charge >= 0.3 is 0 Å². The van der Waals surface area contributed by atoms with Crippen LogP contribution in [0.2, 0.25) is 0 Å². The number of anilines is 1. The SMILES string of the molecule is CCCNc1ccc2ncc(-c3cccc(OC)c3)n2n1. The molecule has 0 spiro atoms. The van der Waals surface area contributed by atoms with Crippen molar-refractivity contribution in [2.75, 3.05) is 19.0 Å². The zero-order valence-corrected chi connectivity index (χ0v) is 12.2. The Morgan fingerprint density at radius 3 is 2.95 bits per heavy atom. The van der Waals surface area contributed by atoms with Crippen LogP contribution in [0.4, 0.5) is 5.82 Å². The Bertz CT molecular complexity index is 751. The van der Waals surface area contributed by atoms with Crippen LogP contribution in [0.3, 0.4) is 0 Å². The largest absolute Gasteiger partial charge is 0.497 e. The lowest BCUT2D eigenvalue weighted by Crippen LogP contribution is -2.05. The van der Waals surface area contributed by atoms with Crippen molar-refractivity contribution in [1.29, 1.82) is 0 Å². The quantitative estimate of drug-likeness (QED) is 0.780. The average Bonchev–Trinajstić information content (AvgIpc) is 2.96. The second-order valence-electron chi connectivity index (χ2n) is 4.79. The molecule has 0 aliphatic heterocycles. The maximum absolute atomic E-state index is 5.28. The van der Waals surface area contributed by atoms with Gasteiger partial charge in [-0.15, -0.1) is 5.10 Å². The first-order valence-corrected chi connectivity index (χ1v) is 7.05. The molecule has 2 heterocycles. The fraction of sp³-hybridized carbons (Fsp3) is 0.250. The molecule has 5 heteroatoms. The van der Waals surface area contributed by atoms with Crippen LogP contribution in [-0.2, 0) is 0 Å². The van der Waals surface area contributed by atoms with Crippen molar-refractivity contribution < 1.29 is 4.74 Å². The van der Waals surface area contributed by atoms with Crippen LogP contribution < -0.4 is 10.1 Å². The summed E-state index contributed by atoms with van der Waals surface area (Å²) >= 11 is 0. The summed E-state index contributed by atoms with van der Waals surface area (Å²) in [6, 6.07) is 11.8. The van der Waals surface area contributed by atoms with Crippen molar-refractivity contribution in [3.63, 3.8) is 0 Å². The molecule has 0 unspecified atom stereocenters. The molecule has 21 heavy (non-hydrogen) atoms. The first-order chi connectivity index (χ1) is 10.3. The van der Waals surface area contributed by atoms with E-state index in [1.807, 2.05) is 47.1 Å². The van der Waals surface area contributed by atoms with E-state index in [0.29, 0.717) is 0 Å². The van der Waals surface area contributed by atoms with Gasteiger partial charge in [-0.25, -0.2) is 9.50 Å². The van der Waals surface area contributed by atoms with Crippen molar-refractivity contribution >= 4 is 11.5 Å². The molecular weight excluding hydrogens is 264 g/mol. The third-order valence-corrected chi connectivity index (χ3v) is 3.28. The van der Waals surface area contributed by atoms with Crippen LogP contribution in [0.5, 0.6) is 5.75 Å². The lowest BCUT2D eigenvalue weighted by atomic mass is 10.1. The van der Waals surface area contributed by atoms with Gasteiger partial charge in [0.25, 0.3) is 0 Å². The van der Waals surface area contributed by atoms with Gasteiger partial charge in [-0.05, 0) is 30.7 Å². The first-order valence-electron chi connectivity index (χ1n) is 7.05. The number of rotatable bonds is 5. The fourth-order valence-electron chi connectivity index (χ4n) is 2.20. The van der Waals surface area contributed by atoms with Crippen LogP contribution in [-0.4, -0.2) is 28.3 Å². The highest BCUT2D eigenvalue weighted by Gasteiger charge is 2.08. The Kier molecular flexibility index (Phi) is 3.73. The number of imidazole rings is 1. The highest BCUT2D eigenvalue weighted by atomic mass is 16.5. The zero-order chi connectivity index (χ0) is 14.7. The molecule has 0 radical (unpaired) electrons. The molecule has 5 nitrogen and oxygen atoms in total. The lowest BCUT2D eigenvalue weighted by molar-refractivity contribution is 0.415. The normalized spacial score (nSPS) is 10.8. The first kappa shape index (κ1) is 13.4. The molecule has 0 atom stereocenters. The number of methoxy groups -OCH3 is 1. The summed E-state index contributed by atoms with van der Waals surface area (Å²) in [7, 11) is 1.67. The van der Waals surface area contributed by atoms with E-state index >= 15 is 0 Å². The minimum absolute atomic E-state index is 0.822. The summed E-state index contributed by atoms with van der Waals surface area (Å²) in [5.41, 5.74) is 2.81. The summed E-state index contributed by atoms with van der Waals surface area (Å²) in [5, 5.41) is 7.90. The van der Waals surface area contributed by atoms with Gasteiger partial charge in [0.2, 0.25) is 0 Å². The van der Waals surface area contributed by atoms with Crippen LogP contribution in [0, 0.1) is 0 Å².